The Morgan fingerprint density at radius 3 is 2.67 bits per heavy atom. The molecular weight excluding hydrogens is 265 g/mol. The first kappa shape index (κ1) is 13.2. The molecule has 0 aliphatic carbocycles. The number of aryl methyl sites for hydroxylation is 2. The molecule has 2 nitrogen and oxygen atoms in total. The van der Waals surface area contributed by atoms with Crippen LogP contribution in [0.1, 0.15) is 11.4 Å². The first-order valence-electron chi connectivity index (χ1n) is 5.49. The van der Waals surface area contributed by atoms with Crippen LogP contribution in [-0.2, 0) is 13.0 Å². The van der Waals surface area contributed by atoms with Crippen LogP contribution in [0.15, 0.2) is 18.2 Å². The highest BCUT2D eigenvalue weighted by Crippen LogP contribution is 2.24. The summed E-state index contributed by atoms with van der Waals surface area (Å²) in [6.45, 7) is 0.849. The van der Waals surface area contributed by atoms with Crippen LogP contribution < -0.4 is 0 Å². The van der Waals surface area contributed by atoms with Crippen LogP contribution in [0, 0.1) is 6.92 Å². The standard InChI is InChI=1S/C12H12ClF3N2/c1-8-2-3-10-9(6-8)17-11(4-5-13)18(10)7-12(14,15)16/h2-3,6H,4-5,7H2,1H3. The van der Waals surface area contributed by atoms with E-state index in [0.717, 1.165) is 5.56 Å². The van der Waals surface area contributed by atoms with Crippen LogP contribution in [0.3, 0.4) is 0 Å². The van der Waals surface area contributed by atoms with Crippen LogP contribution in [0.2, 0.25) is 0 Å². The largest absolute Gasteiger partial charge is 0.406 e. The van der Waals surface area contributed by atoms with Gasteiger partial charge in [-0.2, -0.15) is 13.2 Å². The fourth-order valence-electron chi connectivity index (χ4n) is 1.92. The summed E-state index contributed by atoms with van der Waals surface area (Å²) < 4.78 is 38.9. The van der Waals surface area contributed by atoms with E-state index in [9.17, 15) is 13.2 Å². The highest BCUT2D eigenvalue weighted by molar-refractivity contribution is 6.17. The first-order chi connectivity index (χ1) is 8.40. The van der Waals surface area contributed by atoms with Crippen molar-refractivity contribution in [3.8, 4) is 0 Å². The minimum absolute atomic E-state index is 0.250. The van der Waals surface area contributed by atoms with Crippen molar-refractivity contribution in [1.82, 2.24) is 9.55 Å². The first-order valence-corrected chi connectivity index (χ1v) is 6.02. The summed E-state index contributed by atoms with van der Waals surface area (Å²) in [6, 6.07) is 5.22. The molecule has 0 N–H and O–H groups in total. The minimum Gasteiger partial charge on any atom is -0.319 e. The van der Waals surface area contributed by atoms with E-state index < -0.39 is 12.7 Å². The quantitative estimate of drug-likeness (QED) is 0.782. The molecule has 0 spiro atoms. The summed E-state index contributed by atoms with van der Waals surface area (Å²) in [5.74, 6) is 0.628. The third kappa shape index (κ3) is 2.77. The van der Waals surface area contributed by atoms with Crippen molar-refractivity contribution in [2.45, 2.75) is 26.1 Å². The molecule has 1 heterocycles. The topological polar surface area (TPSA) is 17.8 Å². The molecule has 0 aliphatic rings. The van der Waals surface area contributed by atoms with Crippen molar-refractivity contribution < 1.29 is 13.2 Å². The molecule has 0 saturated carbocycles. The zero-order valence-corrected chi connectivity index (χ0v) is 10.5. The number of hydrogen-bond donors (Lipinski definition) is 0. The lowest BCUT2D eigenvalue weighted by Crippen LogP contribution is -2.19. The average Bonchev–Trinajstić information content (AvgIpc) is 2.54. The van der Waals surface area contributed by atoms with Gasteiger partial charge in [0.2, 0.25) is 0 Å². The number of rotatable bonds is 3. The van der Waals surface area contributed by atoms with E-state index in [4.69, 9.17) is 11.6 Å². The highest BCUT2D eigenvalue weighted by Gasteiger charge is 2.30. The molecule has 0 bridgehead atoms. The molecule has 6 heteroatoms. The van der Waals surface area contributed by atoms with Gasteiger partial charge in [0.05, 0.1) is 11.0 Å². The summed E-state index contributed by atoms with van der Waals surface area (Å²) in [7, 11) is 0. The Kier molecular flexibility index (Phi) is 3.52. The fraction of sp³-hybridized carbons (Fsp3) is 0.417. The molecule has 0 radical (unpaired) electrons. The Morgan fingerprint density at radius 2 is 2.06 bits per heavy atom. The van der Waals surface area contributed by atoms with Gasteiger partial charge in [0.25, 0.3) is 0 Å². The molecule has 0 saturated heterocycles. The molecule has 0 amide bonds. The Bertz CT molecular complexity index is 560. The van der Waals surface area contributed by atoms with Gasteiger partial charge >= 0.3 is 6.18 Å². The molecule has 18 heavy (non-hydrogen) atoms. The number of nitrogens with zero attached hydrogens (tertiary/aromatic N) is 2. The third-order valence-electron chi connectivity index (χ3n) is 2.64. The molecule has 0 fully saturated rings. The summed E-state index contributed by atoms with van der Waals surface area (Å²) in [5.41, 5.74) is 2.05. The van der Waals surface area contributed by atoms with Crippen LogP contribution in [-0.4, -0.2) is 21.6 Å². The maximum atomic E-state index is 12.6. The monoisotopic (exact) mass is 276 g/mol. The van der Waals surface area contributed by atoms with Gasteiger partial charge in [-0.3, -0.25) is 0 Å². The van der Waals surface area contributed by atoms with E-state index in [1.54, 1.807) is 18.2 Å². The van der Waals surface area contributed by atoms with E-state index in [-0.39, 0.29) is 5.88 Å². The number of aromatic nitrogens is 2. The normalized spacial score (nSPS) is 12.3. The van der Waals surface area contributed by atoms with Crippen molar-refractivity contribution in [1.29, 1.82) is 0 Å². The Hall–Kier alpha value is -1.23. The van der Waals surface area contributed by atoms with E-state index in [1.165, 1.54) is 4.57 Å². The number of hydrogen-bond acceptors (Lipinski definition) is 1. The van der Waals surface area contributed by atoms with Gasteiger partial charge in [-0.1, -0.05) is 6.07 Å². The maximum absolute atomic E-state index is 12.6. The highest BCUT2D eigenvalue weighted by atomic mass is 35.5. The van der Waals surface area contributed by atoms with Crippen LogP contribution in [0.5, 0.6) is 0 Å². The molecule has 0 aliphatic heterocycles. The van der Waals surface area contributed by atoms with Gasteiger partial charge in [-0.25, -0.2) is 4.98 Å². The van der Waals surface area contributed by atoms with Crippen molar-refractivity contribution in [3.05, 3.63) is 29.6 Å². The fourth-order valence-corrected chi connectivity index (χ4v) is 2.09. The molecule has 2 aromatic rings. The van der Waals surface area contributed by atoms with Crippen LogP contribution >= 0.6 is 11.6 Å². The van der Waals surface area contributed by atoms with E-state index in [1.807, 2.05) is 6.92 Å². The van der Waals surface area contributed by atoms with Gasteiger partial charge in [0.15, 0.2) is 0 Å². The number of halogens is 4. The van der Waals surface area contributed by atoms with Crippen molar-refractivity contribution in [2.75, 3.05) is 5.88 Å². The smallest absolute Gasteiger partial charge is 0.319 e. The Morgan fingerprint density at radius 1 is 1.33 bits per heavy atom. The van der Waals surface area contributed by atoms with Crippen LogP contribution in [0.25, 0.3) is 11.0 Å². The summed E-state index contributed by atoms with van der Waals surface area (Å²) in [4.78, 5) is 4.23. The summed E-state index contributed by atoms with van der Waals surface area (Å²) in [6.07, 6.45) is -3.94. The predicted octanol–water partition coefficient (Wildman–Crippen LogP) is 3.69. The lowest BCUT2D eigenvalue weighted by atomic mass is 10.2. The zero-order valence-electron chi connectivity index (χ0n) is 9.76. The molecule has 1 aromatic heterocycles. The lowest BCUT2D eigenvalue weighted by Gasteiger charge is -2.11. The molecule has 0 atom stereocenters. The zero-order chi connectivity index (χ0) is 13.3. The predicted molar refractivity (Wildman–Crippen MR) is 64.9 cm³/mol. The second-order valence-corrected chi connectivity index (χ2v) is 4.54. The summed E-state index contributed by atoms with van der Waals surface area (Å²) in [5, 5.41) is 0. The Labute approximate surface area is 107 Å². The van der Waals surface area contributed by atoms with Gasteiger partial charge in [0, 0.05) is 12.3 Å². The van der Waals surface area contributed by atoms with E-state index in [2.05, 4.69) is 4.98 Å². The van der Waals surface area contributed by atoms with Gasteiger partial charge in [-0.05, 0) is 24.6 Å². The molecule has 2 rings (SSSR count). The van der Waals surface area contributed by atoms with E-state index >= 15 is 0 Å². The Balaban J connectivity index is 2.55. The van der Waals surface area contributed by atoms with Crippen molar-refractivity contribution >= 4 is 22.6 Å². The SMILES string of the molecule is Cc1ccc2c(c1)nc(CCCl)n2CC(F)(F)F. The second kappa shape index (κ2) is 4.80. The number of benzene rings is 1. The number of alkyl halides is 4. The van der Waals surface area contributed by atoms with Crippen LogP contribution in [0.4, 0.5) is 13.2 Å². The minimum atomic E-state index is -4.26. The second-order valence-electron chi connectivity index (χ2n) is 4.16. The number of imidazole rings is 1. The third-order valence-corrected chi connectivity index (χ3v) is 2.83. The maximum Gasteiger partial charge on any atom is 0.406 e. The lowest BCUT2D eigenvalue weighted by molar-refractivity contribution is -0.140. The molecular formula is C12H12ClF3N2. The average molecular weight is 277 g/mol. The number of fused-ring (bicyclic) bond motifs is 1. The van der Waals surface area contributed by atoms with E-state index in [0.29, 0.717) is 23.3 Å². The van der Waals surface area contributed by atoms with Gasteiger partial charge in [0.1, 0.15) is 12.4 Å². The molecule has 1 aromatic carbocycles. The molecule has 0 unspecified atom stereocenters. The molecule has 98 valence electrons. The van der Waals surface area contributed by atoms with Crippen molar-refractivity contribution in [3.63, 3.8) is 0 Å². The van der Waals surface area contributed by atoms with Gasteiger partial charge in [-0.15, -0.1) is 11.6 Å². The summed E-state index contributed by atoms with van der Waals surface area (Å²) >= 11 is 5.60. The van der Waals surface area contributed by atoms with Gasteiger partial charge < -0.3 is 4.57 Å². The van der Waals surface area contributed by atoms with Crippen molar-refractivity contribution in [2.24, 2.45) is 0 Å².